The van der Waals surface area contributed by atoms with Gasteiger partial charge in [-0.05, 0) is 79.9 Å². The number of nitrogens with zero attached hydrogens (tertiary/aromatic N) is 4. The molecule has 2 aromatic carbocycles. The van der Waals surface area contributed by atoms with Gasteiger partial charge in [0.25, 0.3) is 0 Å². The Kier molecular flexibility index (Phi) is 5.65. The fraction of sp³-hybridized carbons (Fsp3) is 0.391. The number of anilines is 1. The van der Waals surface area contributed by atoms with Gasteiger partial charge in [0.2, 0.25) is 0 Å². The van der Waals surface area contributed by atoms with Crippen molar-refractivity contribution in [3.05, 3.63) is 47.7 Å². The molecule has 2 heterocycles. The topological polar surface area (TPSA) is 78.5 Å². The molecule has 0 amide bonds. The quantitative estimate of drug-likeness (QED) is 0.696. The molecule has 29 heavy (non-hydrogen) atoms. The molecule has 1 fully saturated rings. The van der Waals surface area contributed by atoms with E-state index < -0.39 is 0 Å². The molecule has 4 rings (SSSR count). The molecular formula is C23H29N5O. The summed E-state index contributed by atoms with van der Waals surface area (Å²) in [5.74, 6) is 1.30. The second kappa shape index (κ2) is 8.35. The summed E-state index contributed by atoms with van der Waals surface area (Å²) < 4.78 is 0. The Balaban J connectivity index is 1.58. The predicted octanol–water partition coefficient (Wildman–Crippen LogP) is 3.09. The number of aryl methyl sites for hydroxylation is 2. The molecule has 0 saturated carbocycles. The summed E-state index contributed by atoms with van der Waals surface area (Å²) in [6.45, 7) is 9.66. The van der Waals surface area contributed by atoms with Crippen molar-refractivity contribution in [2.75, 3.05) is 44.2 Å². The maximum Gasteiger partial charge on any atom is 0.147 e. The summed E-state index contributed by atoms with van der Waals surface area (Å²) in [6.07, 6.45) is 2.93. The van der Waals surface area contributed by atoms with Crippen LogP contribution in [0.3, 0.4) is 0 Å². The van der Waals surface area contributed by atoms with Crippen LogP contribution in [0.25, 0.3) is 22.2 Å². The minimum atomic E-state index is 0.363. The summed E-state index contributed by atoms with van der Waals surface area (Å²) in [6, 6.07) is 10.2. The van der Waals surface area contributed by atoms with E-state index in [9.17, 15) is 5.11 Å². The molecule has 1 aromatic heterocycles. The van der Waals surface area contributed by atoms with Gasteiger partial charge in [0.15, 0.2) is 0 Å². The Morgan fingerprint density at radius 3 is 2.38 bits per heavy atom. The molecule has 0 spiro atoms. The number of piperazine rings is 1. The van der Waals surface area contributed by atoms with Gasteiger partial charge < -0.3 is 15.7 Å². The fourth-order valence-corrected chi connectivity index (χ4v) is 3.97. The van der Waals surface area contributed by atoms with Crippen LogP contribution in [0.15, 0.2) is 36.5 Å². The molecule has 6 heteroatoms. The van der Waals surface area contributed by atoms with E-state index in [0.29, 0.717) is 5.75 Å². The van der Waals surface area contributed by atoms with Crippen molar-refractivity contribution in [1.29, 1.82) is 0 Å². The SMILES string of the molecule is Cc1cc(-c2ccc3ncc(N4CCN(CCCN)CC4)nc3c2)cc(C)c1O. The van der Waals surface area contributed by atoms with Crippen molar-refractivity contribution in [3.8, 4) is 16.9 Å². The van der Waals surface area contributed by atoms with Gasteiger partial charge in [0.05, 0.1) is 17.2 Å². The van der Waals surface area contributed by atoms with Crippen LogP contribution in [0.4, 0.5) is 5.82 Å². The standard InChI is InChI=1S/C23H29N5O/c1-16-12-19(13-17(2)23(16)29)18-4-5-20-21(14-18)26-22(15-25-20)28-10-8-27(9-11-28)7-3-6-24/h4-5,12-15,29H,3,6-11,24H2,1-2H3. The highest BCUT2D eigenvalue weighted by atomic mass is 16.3. The van der Waals surface area contributed by atoms with Gasteiger partial charge in [0, 0.05) is 26.2 Å². The number of phenols is 1. The maximum absolute atomic E-state index is 10.1. The summed E-state index contributed by atoms with van der Waals surface area (Å²) in [5, 5.41) is 10.1. The maximum atomic E-state index is 10.1. The summed E-state index contributed by atoms with van der Waals surface area (Å²) in [4.78, 5) is 14.3. The second-order valence-electron chi connectivity index (χ2n) is 7.86. The monoisotopic (exact) mass is 391 g/mol. The molecule has 1 saturated heterocycles. The Morgan fingerprint density at radius 1 is 0.966 bits per heavy atom. The molecule has 3 N–H and O–H groups in total. The van der Waals surface area contributed by atoms with E-state index in [1.54, 1.807) is 0 Å². The average molecular weight is 392 g/mol. The van der Waals surface area contributed by atoms with Crippen LogP contribution in [0.1, 0.15) is 17.5 Å². The van der Waals surface area contributed by atoms with Crippen LogP contribution in [0.5, 0.6) is 5.75 Å². The van der Waals surface area contributed by atoms with Crippen LogP contribution in [0.2, 0.25) is 0 Å². The third-order valence-corrected chi connectivity index (χ3v) is 5.73. The smallest absolute Gasteiger partial charge is 0.147 e. The zero-order valence-electron chi connectivity index (χ0n) is 17.2. The second-order valence-corrected chi connectivity index (χ2v) is 7.86. The lowest BCUT2D eigenvalue weighted by Crippen LogP contribution is -2.47. The van der Waals surface area contributed by atoms with E-state index in [1.165, 1.54) is 0 Å². The summed E-state index contributed by atoms with van der Waals surface area (Å²) >= 11 is 0. The van der Waals surface area contributed by atoms with Crippen LogP contribution >= 0.6 is 0 Å². The number of hydrogen-bond acceptors (Lipinski definition) is 6. The van der Waals surface area contributed by atoms with Gasteiger partial charge in [-0.1, -0.05) is 6.07 Å². The number of phenolic OH excluding ortho intramolecular Hbond substituents is 1. The lowest BCUT2D eigenvalue weighted by atomic mass is 9.99. The number of fused-ring (bicyclic) bond motifs is 1. The number of aromatic nitrogens is 2. The highest BCUT2D eigenvalue weighted by molar-refractivity contribution is 5.82. The van der Waals surface area contributed by atoms with Gasteiger partial charge in [0.1, 0.15) is 11.6 Å². The highest BCUT2D eigenvalue weighted by Crippen LogP contribution is 2.30. The van der Waals surface area contributed by atoms with Gasteiger partial charge in [-0.3, -0.25) is 9.88 Å². The highest BCUT2D eigenvalue weighted by Gasteiger charge is 2.18. The molecule has 0 bridgehead atoms. The van der Waals surface area contributed by atoms with Crippen molar-refractivity contribution in [2.45, 2.75) is 20.3 Å². The van der Waals surface area contributed by atoms with E-state index in [1.807, 2.05) is 38.2 Å². The summed E-state index contributed by atoms with van der Waals surface area (Å²) in [7, 11) is 0. The predicted molar refractivity (Wildman–Crippen MR) is 118 cm³/mol. The first-order valence-electron chi connectivity index (χ1n) is 10.3. The van der Waals surface area contributed by atoms with Crippen LogP contribution in [0, 0.1) is 13.8 Å². The number of aromatic hydroxyl groups is 1. The first-order valence-corrected chi connectivity index (χ1v) is 10.3. The summed E-state index contributed by atoms with van der Waals surface area (Å²) in [5.41, 5.74) is 11.4. The van der Waals surface area contributed by atoms with Gasteiger partial charge >= 0.3 is 0 Å². The third kappa shape index (κ3) is 4.18. The van der Waals surface area contributed by atoms with Crippen molar-refractivity contribution < 1.29 is 5.11 Å². The number of nitrogens with two attached hydrogens (primary N) is 1. The van der Waals surface area contributed by atoms with Gasteiger partial charge in [-0.25, -0.2) is 4.98 Å². The Labute approximate surface area is 172 Å². The number of benzene rings is 2. The molecule has 1 aliphatic rings. The minimum Gasteiger partial charge on any atom is -0.507 e. The van der Waals surface area contributed by atoms with Crippen molar-refractivity contribution in [1.82, 2.24) is 14.9 Å². The van der Waals surface area contributed by atoms with E-state index in [0.717, 1.165) is 84.8 Å². The minimum absolute atomic E-state index is 0.363. The van der Waals surface area contributed by atoms with E-state index in [2.05, 4.69) is 26.9 Å². The zero-order valence-corrected chi connectivity index (χ0v) is 17.2. The molecule has 152 valence electrons. The largest absolute Gasteiger partial charge is 0.507 e. The Hall–Kier alpha value is -2.70. The molecule has 3 aromatic rings. The van der Waals surface area contributed by atoms with Gasteiger partial charge in [-0.15, -0.1) is 0 Å². The van der Waals surface area contributed by atoms with Crippen LogP contribution in [-0.4, -0.2) is 59.2 Å². The van der Waals surface area contributed by atoms with Crippen LogP contribution < -0.4 is 10.6 Å². The normalized spacial score (nSPS) is 15.2. The van der Waals surface area contributed by atoms with E-state index >= 15 is 0 Å². The molecule has 0 atom stereocenters. The average Bonchev–Trinajstić information content (AvgIpc) is 2.75. The third-order valence-electron chi connectivity index (χ3n) is 5.73. The van der Waals surface area contributed by atoms with Crippen molar-refractivity contribution in [3.63, 3.8) is 0 Å². The lowest BCUT2D eigenvalue weighted by Gasteiger charge is -2.35. The van der Waals surface area contributed by atoms with E-state index in [-0.39, 0.29) is 0 Å². The number of hydrogen-bond donors (Lipinski definition) is 2. The molecule has 0 aliphatic carbocycles. The Morgan fingerprint density at radius 2 is 1.69 bits per heavy atom. The van der Waals surface area contributed by atoms with Crippen LogP contribution in [-0.2, 0) is 0 Å². The first kappa shape index (κ1) is 19.6. The lowest BCUT2D eigenvalue weighted by molar-refractivity contribution is 0.256. The zero-order chi connectivity index (χ0) is 20.4. The fourth-order valence-electron chi connectivity index (χ4n) is 3.97. The van der Waals surface area contributed by atoms with Gasteiger partial charge in [-0.2, -0.15) is 0 Å². The Bertz CT molecular complexity index is 988. The number of rotatable bonds is 5. The van der Waals surface area contributed by atoms with Crippen molar-refractivity contribution >= 4 is 16.9 Å². The molecular weight excluding hydrogens is 362 g/mol. The first-order chi connectivity index (χ1) is 14.0. The van der Waals surface area contributed by atoms with E-state index in [4.69, 9.17) is 10.7 Å². The molecule has 0 unspecified atom stereocenters. The molecule has 0 radical (unpaired) electrons. The molecule has 1 aliphatic heterocycles. The van der Waals surface area contributed by atoms with Crippen molar-refractivity contribution in [2.24, 2.45) is 5.73 Å². The molecule has 6 nitrogen and oxygen atoms in total.